The Morgan fingerprint density at radius 1 is 0.950 bits per heavy atom. The Morgan fingerprint density at radius 2 is 1.60 bits per heavy atom. The van der Waals surface area contributed by atoms with Crippen LogP contribution in [0, 0.1) is 0 Å². The Kier molecular flexibility index (Phi) is 8.61. The molecule has 0 amide bonds. The normalized spacial score (nSPS) is 24.5. The molecule has 5 rings (SSSR count). The van der Waals surface area contributed by atoms with Crippen LogP contribution in [0.2, 0.25) is 0 Å². The van der Waals surface area contributed by atoms with Crippen LogP contribution in [-0.2, 0) is 25.5 Å². The summed E-state index contributed by atoms with van der Waals surface area (Å²) >= 11 is 3.42. The lowest BCUT2D eigenvalue weighted by molar-refractivity contribution is -0.137. The van der Waals surface area contributed by atoms with Gasteiger partial charge in [-0.05, 0) is 79.8 Å². The molecule has 1 aliphatic carbocycles. The number of morpholine rings is 1. The number of rotatable bonds is 7. The number of para-hydroxylation sites is 1. The molecule has 0 aromatic heterocycles. The molecule has 1 aliphatic heterocycles. The maximum absolute atomic E-state index is 14.2. The first-order chi connectivity index (χ1) is 19.1. The van der Waals surface area contributed by atoms with Crippen molar-refractivity contribution in [1.82, 2.24) is 4.90 Å². The fourth-order valence-electron chi connectivity index (χ4n) is 5.83. The standard InChI is InChI=1S/C30H31BrF3NO4S/c31-24-10-6-22(7-11-24)29(40(36,37)28-12-8-23(9-13-28)30(32,33)34)16-14-25(15-17-29)35-18-19-38-27(20-35)21-39-26-4-2-1-3-5-26/h1-13,25,27H,14-21H2. The molecular weight excluding hydrogens is 607 g/mol. The van der Waals surface area contributed by atoms with Gasteiger partial charge in [0.05, 0.1) is 17.1 Å². The molecule has 3 aromatic carbocycles. The minimum Gasteiger partial charge on any atom is -0.491 e. The molecule has 10 heteroatoms. The van der Waals surface area contributed by atoms with Crippen LogP contribution in [0.25, 0.3) is 0 Å². The molecule has 40 heavy (non-hydrogen) atoms. The molecule has 0 spiro atoms. The molecule has 1 heterocycles. The fourth-order valence-corrected chi connectivity index (χ4v) is 8.26. The lowest BCUT2D eigenvalue weighted by atomic mass is 9.80. The van der Waals surface area contributed by atoms with Crippen LogP contribution in [0.3, 0.4) is 0 Å². The topological polar surface area (TPSA) is 55.8 Å². The summed E-state index contributed by atoms with van der Waals surface area (Å²) < 4.78 is 79.2. The minimum atomic E-state index is -4.54. The van der Waals surface area contributed by atoms with Crippen molar-refractivity contribution in [2.75, 3.05) is 26.3 Å². The molecule has 1 saturated carbocycles. The first kappa shape index (κ1) is 29.1. The summed E-state index contributed by atoms with van der Waals surface area (Å²) in [5, 5.41) is 0. The maximum atomic E-state index is 14.2. The summed E-state index contributed by atoms with van der Waals surface area (Å²) in [6.45, 7) is 2.44. The summed E-state index contributed by atoms with van der Waals surface area (Å²) in [6, 6.07) is 20.8. The Balaban J connectivity index is 1.34. The van der Waals surface area contributed by atoms with Crippen molar-refractivity contribution in [3.8, 4) is 5.75 Å². The quantitative estimate of drug-likeness (QED) is 0.283. The third kappa shape index (κ3) is 6.10. The summed E-state index contributed by atoms with van der Waals surface area (Å²) in [5.74, 6) is 0.786. The van der Waals surface area contributed by atoms with Crippen LogP contribution < -0.4 is 4.74 Å². The summed E-state index contributed by atoms with van der Waals surface area (Å²) in [7, 11) is -4.00. The highest BCUT2D eigenvalue weighted by atomic mass is 79.9. The molecule has 2 fully saturated rings. The highest BCUT2D eigenvalue weighted by Gasteiger charge is 2.49. The average Bonchev–Trinajstić information content (AvgIpc) is 2.97. The van der Waals surface area contributed by atoms with Crippen molar-refractivity contribution in [3.05, 3.63) is 94.5 Å². The van der Waals surface area contributed by atoms with Gasteiger partial charge in [0.15, 0.2) is 9.84 Å². The third-order valence-corrected chi connectivity index (χ3v) is 11.1. The van der Waals surface area contributed by atoms with Gasteiger partial charge in [-0.2, -0.15) is 13.2 Å². The van der Waals surface area contributed by atoms with Crippen LogP contribution in [0.15, 0.2) is 88.2 Å². The van der Waals surface area contributed by atoms with Gasteiger partial charge in [-0.3, -0.25) is 4.90 Å². The zero-order valence-corrected chi connectivity index (χ0v) is 24.2. The van der Waals surface area contributed by atoms with Gasteiger partial charge in [0.2, 0.25) is 0 Å². The van der Waals surface area contributed by atoms with Crippen LogP contribution in [0.5, 0.6) is 5.75 Å². The zero-order chi connectivity index (χ0) is 28.4. The monoisotopic (exact) mass is 637 g/mol. The van der Waals surface area contributed by atoms with Crippen LogP contribution in [0.1, 0.15) is 36.8 Å². The number of sulfone groups is 1. The smallest absolute Gasteiger partial charge is 0.416 e. The minimum absolute atomic E-state index is 0.0913. The van der Waals surface area contributed by atoms with E-state index in [-0.39, 0.29) is 17.0 Å². The molecule has 0 bridgehead atoms. The lowest BCUT2D eigenvalue weighted by Gasteiger charge is -2.45. The molecule has 0 radical (unpaired) electrons. The van der Waals surface area contributed by atoms with Crippen molar-refractivity contribution in [1.29, 1.82) is 0 Å². The second-order valence-corrected chi connectivity index (χ2v) is 13.5. The Hall–Kier alpha value is -2.40. The predicted molar refractivity (Wildman–Crippen MR) is 150 cm³/mol. The molecule has 5 nitrogen and oxygen atoms in total. The van der Waals surface area contributed by atoms with E-state index < -0.39 is 26.3 Å². The average molecular weight is 639 g/mol. The van der Waals surface area contributed by atoms with E-state index in [1.165, 1.54) is 0 Å². The van der Waals surface area contributed by atoms with E-state index in [1.807, 2.05) is 42.5 Å². The van der Waals surface area contributed by atoms with Gasteiger partial charge in [-0.25, -0.2) is 8.42 Å². The summed E-state index contributed by atoms with van der Waals surface area (Å²) in [4.78, 5) is 2.27. The van der Waals surface area contributed by atoms with E-state index in [2.05, 4.69) is 20.8 Å². The number of halogens is 4. The number of hydrogen-bond acceptors (Lipinski definition) is 5. The molecule has 214 valence electrons. The number of hydrogen-bond donors (Lipinski definition) is 0. The van der Waals surface area contributed by atoms with Gasteiger partial charge in [0.1, 0.15) is 23.2 Å². The van der Waals surface area contributed by atoms with Gasteiger partial charge in [0.25, 0.3) is 0 Å². The van der Waals surface area contributed by atoms with Crippen LogP contribution >= 0.6 is 15.9 Å². The number of alkyl halides is 3. The highest BCUT2D eigenvalue weighted by Crippen LogP contribution is 2.48. The summed E-state index contributed by atoms with van der Waals surface area (Å²) in [6.07, 6.45) is -2.62. The SMILES string of the molecule is O=S(=O)(c1ccc(C(F)(F)F)cc1)C1(c2ccc(Br)cc2)CCC(N2CCOC(COc3ccccc3)C2)CC1. The number of nitrogens with zero attached hydrogens (tertiary/aromatic N) is 1. The Labute approximate surface area is 241 Å². The van der Waals surface area contributed by atoms with Crippen molar-refractivity contribution in [2.24, 2.45) is 0 Å². The van der Waals surface area contributed by atoms with Crippen LogP contribution in [-0.4, -0.2) is 51.8 Å². The van der Waals surface area contributed by atoms with E-state index in [9.17, 15) is 21.6 Å². The molecule has 1 saturated heterocycles. The van der Waals surface area contributed by atoms with Gasteiger partial charge in [-0.1, -0.05) is 46.3 Å². The van der Waals surface area contributed by atoms with E-state index in [0.717, 1.165) is 41.0 Å². The first-order valence-electron chi connectivity index (χ1n) is 13.3. The van der Waals surface area contributed by atoms with Crippen LogP contribution in [0.4, 0.5) is 13.2 Å². The second kappa shape index (κ2) is 11.8. The summed E-state index contributed by atoms with van der Waals surface area (Å²) in [5.41, 5.74) is -0.212. The first-order valence-corrected chi connectivity index (χ1v) is 15.6. The Morgan fingerprint density at radius 3 is 2.23 bits per heavy atom. The van der Waals surface area contributed by atoms with Gasteiger partial charge < -0.3 is 9.47 Å². The van der Waals surface area contributed by atoms with Gasteiger partial charge >= 0.3 is 6.18 Å². The maximum Gasteiger partial charge on any atom is 0.416 e. The highest BCUT2D eigenvalue weighted by molar-refractivity contribution is 9.10. The molecular formula is C30H31BrF3NO4S. The van der Waals surface area contributed by atoms with E-state index in [1.54, 1.807) is 12.1 Å². The second-order valence-electron chi connectivity index (χ2n) is 10.4. The number of benzene rings is 3. The molecule has 1 atom stereocenters. The molecule has 3 aromatic rings. The lowest BCUT2D eigenvalue weighted by Crippen LogP contribution is -2.52. The molecule has 2 aliphatic rings. The van der Waals surface area contributed by atoms with Crippen molar-refractivity contribution >= 4 is 25.8 Å². The van der Waals surface area contributed by atoms with E-state index in [4.69, 9.17) is 9.47 Å². The predicted octanol–water partition coefficient (Wildman–Crippen LogP) is 6.86. The van der Waals surface area contributed by atoms with Gasteiger partial charge in [0, 0.05) is 23.6 Å². The Bertz CT molecular complexity index is 1380. The number of ether oxygens (including phenoxy) is 2. The third-order valence-electron chi connectivity index (χ3n) is 8.01. The zero-order valence-electron chi connectivity index (χ0n) is 21.8. The van der Waals surface area contributed by atoms with E-state index >= 15 is 0 Å². The largest absolute Gasteiger partial charge is 0.491 e. The van der Waals surface area contributed by atoms with Crippen molar-refractivity contribution in [2.45, 2.75) is 53.6 Å². The molecule has 1 unspecified atom stereocenters. The van der Waals surface area contributed by atoms with Crippen molar-refractivity contribution in [3.63, 3.8) is 0 Å². The van der Waals surface area contributed by atoms with E-state index in [0.29, 0.717) is 51.0 Å². The fraction of sp³-hybridized carbons (Fsp3) is 0.400. The van der Waals surface area contributed by atoms with Crippen molar-refractivity contribution < 1.29 is 31.1 Å². The van der Waals surface area contributed by atoms with Gasteiger partial charge in [-0.15, -0.1) is 0 Å². The molecule has 0 N–H and O–H groups in total.